The Labute approximate surface area is 188 Å². The molecule has 31 heavy (non-hydrogen) atoms. The lowest BCUT2D eigenvalue weighted by atomic mass is 9.76. The molecule has 3 atom stereocenters. The zero-order valence-corrected chi connectivity index (χ0v) is 19.2. The van der Waals surface area contributed by atoms with E-state index >= 15 is 0 Å². The van der Waals surface area contributed by atoms with Gasteiger partial charge in [0.1, 0.15) is 5.65 Å². The highest BCUT2D eigenvalue weighted by Gasteiger charge is 2.43. The molecule has 0 saturated carbocycles. The minimum Gasteiger partial charge on any atom is -0.488 e. The maximum atomic E-state index is 13.7. The average molecular weight is 441 g/mol. The number of H-pyrrole nitrogens is 1. The Bertz CT molecular complexity index is 1050. The summed E-state index contributed by atoms with van der Waals surface area (Å²) in [4.78, 5) is 23.4. The van der Waals surface area contributed by atoms with Crippen molar-refractivity contribution in [2.75, 3.05) is 0 Å². The first-order valence-corrected chi connectivity index (χ1v) is 11.4. The minimum atomic E-state index is -0.377. The molecule has 2 fully saturated rings. The zero-order valence-electron chi connectivity index (χ0n) is 18.5. The first kappa shape index (κ1) is 21.7. The lowest BCUT2D eigenvalue weighted by Crippen LogP contribution is -2.56. The van der Waals surface area contributed by atoms with Crippen molar-refractivity contribution in [2.24, 2.45) is 5.92 Å². The minimum absolute atomic E-state index is 0.0234. The van der Waals surface area contributed by atoms with E-state index in [1.807, 2.05) is 27.0 Å². The van der Waals surface area contributed by atoms with Crippen molar-refractivity contribution < 1.29 is 9.53 Å². The van der Waals surface area contributed by atoms with Crippen LogP contribution < -0.4 is 4.74 Å². The van der Waals surface area contributed by atoms with Crippen molar-refractivity contribution in [2.45, 2.75) is 77.5 Å². The summed E-state index contributed by atoms with van der Waals surface area (Å²) in [5.41, 5.74) is 2.87. The summed E-state index contributed by atoms with van der Waals surface area (Å²) < 4.78 is 5.80. The van der Waals surface area contributed by atoms with E-state index in [1.165, 1.54) is 5.57 Å². The van der Waals surface area contributed by atoms with Crippen molar-refractivity contribution in [3.63, 3.8) is 0 Å². The standard InChI is InChI=1S/C24H29ClN4O2/c1-5-15-6-17-8-16(10-26)9-18(7-15)29(17)24(30)14(4)19-11-27-23-21(19)22(25)20(12-28-23)31-13(2)3/h5,11-14,16-18H,6-9H2,1-4H3,(H,27,28). The van der Waals surface area contributed by atoms with Gasteiger partial charge in [-0.1, -0.05) is 23.3 Å². The second-order valence-electron chi connectivity index (χ2n) is 9.00. The van der Waals surface area contributed by atoms with Gasteiger partial charge >= 0.3 is 0 Å². The van der Waals surface area contributed by atoms with Crippen LogP contribution in [0.25, 0.3) is 11.0 Å². The third-order valence-electron chi connectivity index (χ3n) is 6.58. The quantitative estimate of drug-likeness (QED) is 0.650. The van der Waals surface area contributed by atoms with E-state index in [0.29, 0.717) is 16.4 Å². The second-order valence-corrected chi connectivity index (χ2v) is 9.38. The number of hydrogen-bond donors (Lipinski definition) is 1. The molecular weight excluding hydrogens is 412 g/mol. The number of hydrogen-bond acceptors (Lipinski definition) is 4. The van der Waals surface area contributed by atoms with Crippen LogP contribution in [0.2, 0.25) is 5.02 Å². The summed E-state index contributed by atoms with van der Waals surface area (Å²) in [5, 5.41) is 10.7. The third-order valence-corrected chi connectivity index (χ3v) is 6.95. The van der Waals surface area contributed by atoms with Gasteiger partial charge in [-0.2, -0.15) is 5.26 Å². The normalized spacial score (nSPS) is 24.2. The maximum absolute atomic E-state index is 13.7. The fourth-order valence-electron chi connectivity index (χ4n) is 5.13. The largest absolute Gasteiger partial charge is 0.488 e. The van der Waals surface area contributed by atoms with Crippen molar-refractivity contribution in [3.8, 4) is 11.8 Å². The Hall–Kier alpha value is -2.52. The summed E-state index contributed by atoms with van der Waals surface area (Å²) >= 11 is 6.68. The van der Waals surface area contributed by atoms with E-state index in [9.17, 15) is 10.1 Å². The lowest BCUT2D eigenvalue weighted by Gasteiger charge is -2.49. The first-order chi connectivity index (χ1) is 14.8. The zero-order chi connectivity index (χ0) is 22.3. The number of rotatable bonds is 4. The highest BCUT2D eigenvalue weighted by atomic mass is 35.5. The molecule has 6 nitrogen and oxygen atoms in total. The van der Waals surface area contributed by atoms with Crippen LogP contribution in [0.15, 0.2) is 24.0 Å². The number of aromatic amines is 1. The molecule has 0 aromatic carbocycles. The number of nitriles is 1. The van der Waals surface area contributed by atoms with Crippen LogP contribution in [-0.4, -0.2) is 39.0 Å². The SMILES string of the molecule is CC=C1CC2CC(C#N)CC(C1)N2C(=O)C(C)c1c[nH]c2ncc(OC(C)C)c(Cl)c12. The van der Waals surface area contributed by atoms with Crippen LogP contribution in [0.1, 0.15) is 64.9 Å². The number of nitrogens with zero attached hydrogens (tertiary/aromatic N) is 3. The average Bonchev–Trinajstić information content (AvgIpc) is 3.17. The van der Waals surface area contributed by atoms with Gasteiger partial charge in [0.2, 0.25) is 5.91 Å². The summed E-state index contributed by atoms with van der Waals surface area (Å²) in [7, 11) is 0. The van der Waals surface area contributed by atoms with Crippen LogP contribution in [0.3, 0.4) is 0 Å². The molecule has 4 rings (SSSR count). The van der Waals surface area contributed by atoms with Crippen LogP contribution in [-0.2, 0) is 4.79 Å². The van der Waals surface area contributed by atoms with Gasteiger partial charge in [-0.3, -0.25) is 4.79 Å². The van der Waals surface area contributed by atoms with E-state index in [4.69, 9.17) is 16.3 Å². The smallest absolute Gasteiger partial charge is 0.230 e. The van der Waals surface area contributed by atoms with Gasteiger partial charge in [-0.25, -0.2) is 4.98 Å². The number of halogens is 1. The molecule has 2 aromatic heterocycles. The van der Waals surface area contributed by atoms with Crippen LogP contribution >= 0.6 is 11.6 Å². The molecule has 0 aliphatic carbocycles. The summed E-state index contributed by atoms with van der Waals surface area (Å²) in [6, 6.07) is 2.59. The van der Waals surface area contributed by atoms with E-state index in [1.54, 1.807) is 6.20 Å². The van der Waals surface area contributed by atoms with E-state index in [2.05, 4.69) is 33.9 Å². The number of aromatic nitrogens is 2. The maximum Gasteiger partial charge on any atom is 0.230 e. The molecule has 164 valence electrons. The number of nitrogens with one attached hydrogen (secondary N) is 1. The third kappa shape index (κ3) is 3.92. The first-order valence-electron chi connectivity index (χ1n) is 11.0. The highest BCUT2D eigenvalue weighted by Crippen LogP contribution is 2.42. The number of amides is 1. The molecule has 2 bridgehead atoms. The molecule has 1 amide bonds. The van der Waals surface area contributed by atoms with Gasteiger partial charge in [-0.15, -0.1) is 0 Å². The van der Waals surface area contributed by atoms with Gasteiger partial charge in [0.05, 0.1) is 35.2 Å². The van der Waals surface area contributed by atoms with E-state index in [0.717, 1.165) is 36.6 Å². The second kappa shape index (κ2) is 8.55. The fourth-order valence-corrected chi connectivity index (χ4v) is 5.42. The Kier molecular flexibility index (Phi) is 5.98. The topological polar surface area (TPSA) is 82.0 Å². The number of carbonyl (C=O) groups is 1. The molecular formula is C24H29ClN4O2. The van der Waals surface area contributed by atoms with E-state index < -0.39 is 0 Å². The Morgan fingerprint density at radius 3 is 2.61 bits per heavy atom. The van der Waals surface area contributed by atoms with Gasteiger partial charge in [-0.05, 0) is 58.9 Å². The van der Waals surface area contributed by atoms with Gasteiger partial charge in [0, 0.05) is 23.7 Å². The molecule has 4 heterocycles. The predicted octanol–water partition coefficient (Wildman–Crippen LogP) is 5.35. The summed E-state index contributed by atoms with van der Waals surface area (Å²) in [5.74, 6) is 0.260. The van der Waals surface area contributed by atoms with Crippen molar-refractivity contribution in [1.29, 1.82) is 5.26 Å². The van der Waals surface area contributed by atoms with Crippen LogP contribution in [0.5, 0.6) is 5.75 Å². The number of carbonyl (C=O) groups excluding carboxylic acids is 1. The lowest BCUT2D eigenvalue weighted by molar-refractivity contribution is -0.141. The molecule has 7 heteroatoms. The monoisotopic (exact) mass is 440 g/mol. The van der Waals surface area contributed by atoms with E-state index in [-0.39, 0.29) is 35.9 Å². The number of pyridine rings is 1. The summed E-state index contributed by atoms with van der Waals surface area (Å²) in [6.07, 6.45) is 8.78. The number of allylic oxidation sites excluding steroid dienone is 1. The van der Waals surface area contributed by atoms with Gasteiger partial charge < -0.3 is 14.6 Å². The molecule has 0 radical (unpaired) electrons. The molecule has 2 aromatic rings. The van der Waals surface area contributed by atoms with Crippen molar-refractivity contribution >= 4 is 28.5 Å². The molecule has 0 spiro atoms. The number of ether oxygens (including phenoxy) is 1. The molecule has 2 aliphatic rings. The molecule has 2 saturated heterocycles. The predicted molar refractivity (Wildman–Crippen MR) is 121 cm³/mol. The van der Waals surface area contributed by atoms with Gasteiger partial charge in [0.15, 0.2) is 5.75 Å². The Morgan fingerprint density at radius 1 is 1.35 bits per heavy atom. The Balaban J connectivity index is 1.67. The molecule has 2 aliphatic heterocycles. The Morgan fingerprint density at radius 2 is 2.03 bits per heavy atom. The summed E-state index contributed by atoms with van der Waals surface area (Å²) in [6.45, 7) is 7.87. The number of piperidine rings is 2. The molecule has 1 N–H and O–H groups in total. The number of fused-ring (bicyclic) bond motifs is 3. The fraction of sp³-hybridized carbons (Fsp3) is 0.542. The molecule has 3 unspecified atom stereocenters. The van der Waals surface area contributed by atoms with Crippen LogP contribution in [0, 0.1) is 17.2 Å². The van der Waals surface area contributed by atoms with Crippen molar-refractivity contribution in [3.05, 3.63) is 34.6 Å². The van der Waals surface area contributed by atoms with Gasteiger partial charge in [0.25, 0.3) is 0 Å². The van der Waals surface area contributed by atoms with Crippen molar-refractivity contribution in [1.82, 2.24) is 14.9 Å². The highest BCUT2D eigenvalue weighted by molar-refractivity contribution is 6.37. The van der Waals surface area contributed by atoms with Crippen LogP contribution in [0.4, 0.5) is 0 Å².